The van der Waals surface area contributed by atoms with Crippen LogP contribution in [0.4, 0.5) is 0 Å². The van der Waals surface area contributed by atoms with Crippen molar-refractivity contribution in [2.24, 2.45) is 11.7 Å². The van der Waals surface area contributed by atoms with Gasteiger partial charge in [0.05, 0.1) is 6.61 Å². The number of carbonyl (C=O) groups excluding carboxylic acids is 3. The number of hydrogen-bond acceptors (Lipinski definition) is 7. The van der Waals surface area contributed by atoms with E-state index in [0.29, 0.717) is 5.56 Å². The van der Waals surface area contributed by atoms with Crippen LogP contribution in [0, 0.1) is 5.92 Å². The molecule has 4 atom stereocenters. The molecule has 178 valence electrons. The molecule has 0 fully saturated rings. The van der Waals surface area contributed by atoms with Gasteiger partial charge in [0, 0.05) is 6.42 Å². The van der Waals surface area contributed by atoms with E-state index in [0.717, 1.165) is 0 Å². The van der Waals surface area contributed by atoms with E-state index >= 15 is 0 Å². The maximum absolute atomic E-state index is 12.9. The Bertz CT molecular complexity index is 798. The quantitative estimate of drug-likeness (QED) is 0.207. The van der Waals surface area contributed by atoms with Crippen molar-refractivity contribution >= 4 is 23.7 Å². The lowest BCUT2D eigenvalue weighted by atomic mass is 10.0. The van der Waals surface area contributed by atoms with E-state index in [9.17, 15) is 24.3 Å². The number of aliphatic hydroxyl groups is 1. The number of phenolic OH excluding ortho intramolecular Hbond substituents is 1. The molecule has 0 spiro atoms. The van der Waals surface area contributed by atoms with Gasteiger partial charge in [0.2, 0.25) is 17.7 Å². The van der Waals surface area contributed by atoms with Gasteiger partial charge >= 0.3 is 5.97 Å². The number of nitrogens with one attached hydrogen (secondary N) is 3. The van der Waals surface area contributed by atoms with Gasteiger partial charge in [-0.15, -0.1) is 0 Å². The molecule has 3 amide bonds. The minimum absolute atomic E-state index is 0.00723. The number of aliphatic hydroxyl groups excluding tert-OH is 1. The zero-order chi connectivity index (χ0) is 24.4. The average molecular weight is 453 g/mol. The van der Waals surface area contributed by atoms with Gasteiger partial charge in [-0.25, -0.2) is 0 Å². The van der Waals surface area contributed by atoms with Gasteiger partial charge in [-0.3, -0.25) is 19.2 Å². The van der Waals surface area contributed by atoms with Crippen LogP contribution in [0.2, 0.25) is 0 Å². The van der Waals surface area contributed by atoms with Gasteiger partial charge in [0.1, 0.15) is 29.9 Å². The number of carbonyl (C=O) groups is 4. The molecule has 0 saturated carbocycles. The van der Waals surface area contributed by atoms with Crippen LogP contribution < -0.4 is 21.7 Å². The van der Waals surface area contributed by atoms with E-state index in [1.54, 1.807) is 12.1 Å². The number of carboxylic acid groups (broad SMARTS) is 1. The monoisotopic (exact) mass is 452 g/mol. The number of benzene rings is 1. The molecule has 32 heavy (non-hydrogen) atoms. The number of nitrogens with two attached hydrogens (primary N) is 1. The second-order valence-electron chi connectivity index (χ2n) is 7.98. The molecule has 0 aliphatic carbocycles. The van der Waals surface area contributed by atoms with Crippen LogP contribution in [0.15, 0.2) is 24.3 Å². The first-order chi connectivity index (χ1) is 14.9. The van der Waals surface area contributed by atoms with Crippen molar-refractivity contribution in [3.8, 4) is 5.75 Å². The second kappa shape index (κ2) is 12.6. The lowest BCUT2D eigenvalue weighted by Gasteiger charge is -2.25. The van der Waals surface area contributed by atoms with Gasteiger partial charge < -0.3 is 37.0 Å². The Balaban J connectivity index is 3.07. The molecular weight excluding hydrogens is 420 g/mol. The van der Waals surface area contributed by atoms with Crippen LogP contribution in [-0.4, -0.2) is 69.8 Å². The first kappa shape index (κ1) is 26.9. The molecule has 8 N–H and O–H groups in total. The molecule has 0 aliphatic rings. The van der Waals surface area contributed by atoms with Crippen molar-refractivity contribution in [3.63, 3.8) is 0 Å². The maximum atomic E-state index is 12.9. The second-order valence-corrected chi connectivity index (χ2v) is 7.98. The molecular formula is C21H32N4O7. The van der Waals surface area contributed by atoms with Crippen molar-refractivity contribution in [1.82, 2.24) is 16.0 Å². The number of aliphatic carboxylic acids is 1. The highest BCUT2D eigenvalue weighted by Crippen LogP contribution is 2.12. The number of amides is 3. The SMILES string of the molecule is CC(C)C[C@H](NC(=O)[C@@H](N)CO)C(=O)N[C@@H](Cc1ccc(O)cc1)C(=O)N[C@@H](C)C(=O)O. The summed E-state index contributed by atoms with van der Waals surface area (Å²) in [6.07, 6.45) is 0.261. The zero-order valence-corrected chi connectivity index (χ0v) is 18.4. The summed E-state index contributed by atoms with van der Waals surface area (Å²) in [4.78, 5) is 48.8. The molecule has 0 saturated heterocycles. The Morgan fingerprint density at radius 3 is 1.94 bits per heavy atom. The molecule has 1 aromatic carbocycles. The molecule has 0 radical (unpaired) electrons. The Morgan fingerprint density at radius 2 is 1.44 bits per heavy atom. The Morgan fingerprint density at radius 1 is 0.906 bits per heavy atom. The zero-order valence-electron chi connectivity index (χ0n) is 18.4. The van der Waals surface area contributed by atoms with Crippen LogP contribution in [0.5, 0.6) is 5.75 Å². The third-order valence-electron chi connectivity index (χ3n) is 4.61. The maximum Gasteiger partial charge on any atom is 0.325 e. The summed E-state index contributed by atoms with van der Waals surface area (Å²) in [5.74, 6) is -3.29. The number of hydrogen-bond donors (Lipinski definition) is 7. The van der Waals surface area contributed by atoms with Crippen LogP contribution >= 0.6 is 0 Å². The molecule has 1 aromatic rings. The fourth-order valence-electron chi connectivity index (χ4n) is 2.79. The van der Waals surface area contributed by atoms with Crippen LogP contribution in [0.3, 0.4) is 0 Å². The molecule has 0 aliphatic heterocycles. The number of aromatic hydroxyl groups is 1. The lowest BCUT2D eigenvalue weighted by Crippen LogP contribution is -2.57. The summed E-state index contributed by atoms with van der Waals surface area (Å²) in [5, 5.41) is 34.9. The third-order valence-corrected chi connectivity index (χ3v) is 4.61. The predicted molar refractivity (Wildman–Crippen MR) is 115 cm³/mol. The molecule has 1 rings (SSSR count). The predicted octanol–water partition coefficient (Wildman–Crippen LogP) is -1.14. The van der Waals surface area contributed by atoms with Gasteiger partial charge in [0.25, 0.3) is 0 Å². The largest absolute Gasteiger partial charge is 0.508 e. The molecule has 11 heteroatoms. The molecule has 11 nitrogen and oxygen atoms in total. The normalized spacial score (nSPS) is 14.7. The molecule has 0 unspecified atom stereocenters. The minimum atomic E-state index is -1.24. The molecule has 0 bridgehead atoms. The van der Waals surface area contributed by atoms with E-state index in [2.05, 4.69) is 16.0 Å². The van der Waals surface area contributed by atoms with Crippen molar-refractivity contribution in [1.29, 1.82) is 0 Å². The topological polar surface area (TPSA) is 191 Å². The fraction of sp³-hybridized carbons (Fsp3) is 0.524. The Kier molecular flexibility index (Phi) is 10.6. The highest BCUT2D eigenvalue weighted by molar-refractivity contribution is 5.94. The van der Waals surface area contributed by atoms with Gasteiger partial charge in [-0.05, 0) is 37.0 Å². The number of phenols is 1. The van der Waals surface area contributed by atoms with E-state index in [4.69, 9.17) is 15.9 Å². The van der Waals surface area contributed by atoms with E-state index in [1.807, 2.05) is 13.8 Å². The van der Waals surface area contributed by atoms with Crippen molar-refractivity contribution in [3.05, 3.63) is 29.8 Å². The third kappa shape index (κ3) is 8.90. The summed E-state index contributed by atoms with van der Waals surface area (Å²) >= 11 is 0. The Labute approximate surface area is 186 Å². The first-order valence-electron chi connectivity index (χ1n) is 10.2. The van der Waals surface area contributed by atoms with E-state index < -0.39 is 54.5 Å². The smallest absolute Gasteiger partial charge is 0.325 e. The average Bonchev–Trinajstić information content (AvgIpc) is 2.72. The van der Waals surface area contributed by atoms with Crippen molar-refractivity contribution in [2.75, 3.05) is 6.61 Å². The summed E-state index contributed by atoms with van der Waals surface area (Å²) in [6, 6.07) is 1.42. The fourth-order valence-corrected chi connectivity index (χ4v) is 2.79. The number of rotatable bonds is 12. The lowest BCUT2D eigenvalue weighted by molar-refractivity contribution is -0.141. The molecule has 0 aromatic heterocycles. The summed E-state index contributed by atoms with van der Waals surface area (Å²) in [5.41, 5.74) is 6.12. The van der Waals surface area contributed by atoms with Crippen molar-refractivity contribution in [2.45, 2.75) is 57.8 Å². The first-order valence-corrected chi connectivity index (χ1v) is 10.2. The van der Waals surface area contributed by atoms with Crippen molar-refractivity contribution < 1.29 is 34.5 Å². The standard InChI is InChI=1S/C21H32N4O7/c1-11(2)8-16(24-18(28)15(22)10-26)20(30)25-17(19(29)23-12(3)21(31)32)9-13-4-6-14(27)7-5-13/h4-7,11-12,15-17,26-27H,8-10,22H2,1-3H3,(H,23,29)(H,24,28)(H,25,30)(H,31,32)/t12-,15-,16-,17-/m0/s1. The van der Waals surface area contributed by atoms with E-state index in [1.165, 1.54) is 19.1 Å². The Hall–Kier alpha value is -3.18. The number of carboxylic acids is 1. The highest BCUT2D eigenvalue weighted by atomic mass is 16.4. The van der Waals surface area contributed by atoms with E-state index in [-0.39, 0.29) is 24.5 Å². The van der Waals surface area contributed by atoms with Crippen LogP contribution in [0.1, 0.15) is 32.8 Å². The summed E-state index contributed by atoms with van der Waals surface area (Å²) < 4.78 is 0. The van der Waals surface area contributed by atoms with Gasteiger partial charge in [-0.2, -0.15) is 0 Å². The van der Waals surface area contributed by atoms with Gasteiger partial charge in [-0.1, -0.05) is 26.0 Å². The highest BCUT2D eigenvalue weighted by Gasteiger charge is 2.30. The van der Waals surface area contributed by atoms with Crippen LogP contribution in [0.25, 0.3) is 0 Å². The molecule has 0 heterocycles. The van der Waals surface area contributed by atoms with Crippen LogP contribution in [-0.2, 0) is 25.6 Å². The van der Waals surface area contributed by atoms with Gasteiger partial charge in [0.15, 0.2) is 0 Å². The summed E-state index contributed by atoms with van der Waals surface area (Å²) in [6.45, 7) is 4.37. The summed E-state index contributed by atoms with van der Waals surface area (Å²) in [7, 11) is 0. The minimum Gasteiger partial charge on any atom is -0.508 e.